The highest BCUT2D eigenvalue weighted by Crippen LogP contribution is 2.32. The fourth-order valence-electron chi connectivity index (χ4n) is 3.57. The minimum Gasteiger partial charge on any atom is -0.360 e. The van der Waals surface area contributed by atoms with E-state index in [-0.39, 0.29) is 6.42 Å². The third-order valence-electron chi connectivity index (χ3n) is 5.24. The summed E-state index contributed by atoms with van der Waals surface area (Å²) in [6.07, 6.45) is -1.03. The topological polar surface area (TPSA) is 69.7 Å². The van der Waals surface area contributed by atoms with Gasteiger partial charge in [-0.05, 0) is 30.5 Å². The molecule has 4 rings (SSSR count). The number of hydrogen-bond donors (Lipinski definition) is 2. The van der Waals surface area contributed by atoms with Gasteiger partial charge in [-0.25, -0.2) is 18.7 Å². The molecule has 3 heterocycles. The number of likely N-dealkylation sites (tertiary alicyclic amines) is 1. The molecular weight excluding hydrogens is 455 g/mol. The van der Waals surface area contributed by atoms with E-state index in [1.165, 1.54) is 24.7 Å². The van der Waals surface area contributed by atoms with Crippen molar-refractivity contribution in [2.75, 3.05) is 25.0 Å². The molecule has 34 heavy (non-hydrogen) atoms. The van der Waals surface area contributed by atoms with Crippen molar-refractivity contribution in [3.05, 3.63) is 47.9 Å². The largest absolute Gasteiger partial charge is 0.416 e. The van der Waals surface area contributed by atoms with Crippen LogP contribution < -0.4 is 5.32 Å². The molecule has 0 bridgehead atoms. The number of nitrogens with zero attached hydrogens (tertiary/aromatic N) is 4. The molecule has 6 nitrogen and oxygen atoms in total. The number of anilines is 1. The quantitative estimate of drug-likeness (QED) is 0.447. The number of hydrogen-bond acceptors (Lipinski definition) is 5. The van der Waals surface area contributed by atoms with Crippen LogP contribution in [0.2, 0.25) is 0 Å². The van der Waals surface area contributed by atoms with E-state index in [4.69, 9.17) is 0 Å². The van der Waals surface area contributed by atoms with Gasteiger partial charge in [0.15, 0.2) is 5.65 Å². The molecule has 0 amide bonds. The molecule has 2 N–H and O–H groups in total. The smallest absolute Gasteiger partial charge is 0.360 e. The second kappa shape index (κ2) is 12.0. The van der Waals surface area contributed by atoms with Crippen LogP contribution in [0.4, 0.5) is 27.8 Å². The first-order valence-electron chi connectivity index (χ1n) is 11.4. The molecule has 0 saturated carbocycles. The van der Waals surface area contributed by atoms with Crippen molar-refractivity contribution < 1.29 is 22.0 Å². The Bertz CT molecular complexity index is 1000. The standard InChI is InChI=1S/C19H19F5N6.2C2H6/c20-18(21)10-30(7-5-12-1-3-13(4-2-12)19(22,23)24)8-6-15(18)28-16-14-9-27-29-17(14)26-11-25-16;2*1-2/h1-4,9,11,15H,5-8,10H2,(H2,25,26,27,28,29);2*1-2H3. The lowest BCUT2D eigenvalue weighted by Crippen LogP contribution is -2.54. The molecule has 0 aliphatic carbocycles. The van der Waals surface area contributed by atoms with Crippen LogP contribution in [0, 0.1) is 0 Å². The second-order valence-corrected chi connectivity index (χ2v) is 7.32. The summed E-state index contributed by atoms with van der Waals surface area (Å²) >= 11 is 0. The molecule has 1 saturated heterocycles. The number of piperidine rings is 1. The van der Waals surface area contributed by atoms with Crippen LogP contribution in [-0.2, 0) is 12.6 Å². The maximum atomic E-state index is 14.7. The van der Waals surface area contributed by atoms with Gasteiger partial charge in [0.2, 0.25) is 0 Å². The average molecular weight is 487 g/mol. The molecule has 1 aliphatic heterocycles. The average Bonchev–Trinajstić information content (AvgIpc) is 3.31. The molecule has 1 atom stereocenters. The van der Waals surface area contributed by atoms with Gasteiger partial charge in [-0.2, -0.15) is 18.3 Å². The van der Waals surface area contributed by atoms with Gasteiger partial charge in [-0.15, -0.1) is 0 Å². The fraction of sp³-hybridized carbons (Fsp3) is 0.522. The Morgan fingerprint density at radius 2 is 1.76 bits per heavy atom. The summed E-state index contributed by atoms with van der Waals surface area (Å²) in [5.74, 6) is -2.70. The lowest BCUT2D eigenvalue weighted by Gasteiger charge is -2.38. The van der Waals surface area contributed by atoms with E-state index in [0.717, 1.165) is 12.1 Å². The maximum Gasteiger partial charge on any atom is 0.416 e. The summed E-state index contributed by atoms with van der Waals surface area (Å²) in [5.41, 5.74) is 0.417. The van der Waals surface area contributed by atoms with Crippen molar-refractivity contribution in [1.82, 2.24) is 25.1 Å². The van der Waals surface area contributed by atoms with E-state index < -0.39 is 30.2 Å². The normalized spacial score (nSPS) is 17.9. The third-order valence-corrected chi connectivity index (χ3v) is 5.24. The van der Waals surface area contributed by atoms with E-state index in [1.807, 2.05) is 27.7 Å². The van der Waals surface area contributed by atoms with Gasteiger partial charge < -0.3 is 5.32 Å². The van der Waals surface area contributed by atoms with Crippen LogP contribution in [0.1, 0.15) is 45.2 Å². The summed E-state index contributed by atoms with van der Waals surface area (Å²) in [6.45, 7) is 8.34. The highest BCUT2D eigenvalue weighted by Gasteiger charge is 2.44. The molecule has 188 valence electrons. The summed E-state index contributed by atoms with van der Waals surface area (Å²) in [7, 11) is 0. The van der Waals surface area contributed by atoms with Gasteiger partial charge >= 0.3 is 6.18 Å². The summed E-state index contributed by atoms with van der Waals surface area (Å²) < 4.78 is 67.4. The van der Waals surface area contributed by atoms with E-state index in [9.17, 15) is 22.0 Å². The Hall–Kier alpha value is -2.82. The number of halogens is 5. The Balaban J connectivity index is 0.000000970. The predicted molar refractivity (Wildman–Crippen MR) is 123 cm³/mol. The minimum absolute atomic E-state index is 0.198. The van der Waals surface area contributed by atoms with Crippen LogP contribution >= 0.6 is 0 Å². The van der Waals surface area contributed by atoms with Crippen molar-refractivity contribution in [3.63, 3.8) is 0 Å². The Morgan fingerprint density at radius 3 is 2.38 bits per heavy atom. The summed E-state index contributed by atoms with van der Waals surface area (Å²) in [6, 6.07) is 3.71. The number of aromatic nitrogens is 4. The van der Waals surface area contributed by atoms with Crippen molar-refractivity contribution >= 4 is 16.9 Å². The van der Waals surface area contributed by atoms with Crippen molar-refractivity contribution in [3.8, 4) is 0 Å². The minimum atomic E-state index is -4.39. The van der Waals surface area contributed by atoms with Gasteiger partial charge in [0.25, 0.3) is 5.92 Å². The number of fused-ring (bicyclic) bond motifs is 1. The van der Waals surface area contributed by atoms with E-state index in [2.05, 4.69) is 25.5 Å². The predicted octanol–water partition coefficient (Wildman–Crippen LogP) is 5.79. The zero-order chi connectivity index (χ0) is 25.4. The van der Waals surface area contributed by atoms with E-state index >= 15 is 0 Å². The molecule has 1 unspecified atom stereocenters. The van der Waals surface area contributed by atoms with Crippen LogP contribution in [0.25, 0.3) is 11.0 Å². The number of aromatic amines is 1. The number of rotatable bonds is 5. The van der Waals surface area contributed by atoms with E-state index in [0.29, 0.717) is 41.9 Å². The van der Waals surface area contributed by atoms with Gasteiger partial charge in [-0.3, -0.25) is 10.00 Å². The second-order valence-electron chi connectivity index (χ2n) is 7.32. The number of H-pyrrole nitrogens is 1. The van der Waals surface area contributed by atoms with E-state index in [1.54, 1.807) is 4.90 Å². The molecule has 1 aliphatic rings. The zero-order valence-electron chi connectivity index (χ0n) is 19.8. The molecular formula is C23H31F5N6. The van der Waals surface area contributed by atoms with Crippen molar-refractivity contribution in [2.24, 2.45) is 0 Å². The zero-order valence-corrected chi connectivity index (χ0v) is 19.8. The van der Waals surface area contributed by atoms with Crippen LogP contribution in [-0.4, -0.2) is 56.7 Å². The van der Waals surface area contributed by atoms with Crippen LogP contribution in [0.5, 0.6) is 0 Å². The third kappa shape index (κ3) is 6.85. The first-order valence-corrected chi connectivity index (χ1v) is 11.4. The van der Waals surface area contributed by atoms with Gasteiger partial charge in [-0.1, -0.05) is 39.8 Å². The molecule has 3 aromatic rings. The molecule has 1 fully saturated rings. The monoisotopic (exact) mass is 486 g/mol. The van der Waals surface area contributed by atoms with Crippen molar-refractivity contribution in [2.45, 2.75) is 58.7 Å². The molecule has 0 radical (unpaired) electrons. The highest BCUT2D eigenvalue weighted by atomic mass is 19.4. The summed E-state index contributed by atoms with van der Waals surface area (Å²) in [4.78, 5) is 9.67. The SMILES string of the molecule is CC.CC.FC(F)(F)c1ccc(CCN2CCC(Nc3ncnc4[nH]ncc34)C(F)(F)C2)cc1. The number of nitrogens with one attached hydrogen (secondary N) is 2. The number of alkyl halides is 5. The van der Waals surface area contributed by atoms with Crippen molar-refractivity contribution in [1.29, 1.82) is 0 Å². The van der Waals surface area contributed by atoms with Gasteiger partial charge in [0.1, 0.15) is 12.1 Å². The molecule has 2 aromatic heterocycles. The summed E-state index contributed by atoms with van der Waals surface area (Å²) in [5, 5.41) is 9.88. The first kappa shape index (κ1) is 27.4. The lowest BCUT2D eigenvalue weighted by atomic mass is 9.99. The van der Waals surface area contributed by atoms with Gasteiger partial charge in [0.05, 0.1) is 29.7 Å². The Kier molecular flexibility index (Phi) is 9.72. The van der Waals surface area contributed by atoms with Gasteiger partial charge in [0, 0.05) is 13.1 Å². The molecule has 1 aromatic carbocycles. The molecule has 11 heteroatoms. The Labute approximate surface area is 196 Å². The molecule has 0 spiro atoms. The highest BCUT2D eigenvalue weighted by molar-refractivity contribution is 5.85. The number of benzene rings is 1. The lowest BCUT2D eigenvalue weighted by molar-refractivity contribution is -0.137. The van der Waals surface area contributed by atoms with Crippen LogP contribution in [0.3, 0.4) is 0 Å². The first-order chi connectivity index (χ1) is 16.2. The van der Waals surface area contributed by atoms with Crippen LogP contribution in [0.15, 0.2) is 36.8 Å². The fourth-order valence-corrected chi connectivity index (χ4v) is 3.57. The maximum absolute atomic E-state index is 14.7. The Morgan fingerprint density at radius 1 is 1.09 bits per heavy atom.